The van der Waals surface area contributed by atoms with Crippen molar-refractivity contribution < 1.29 is 17.6 Å². The molecule has 3 rings (SSSR count). The summed E-state index contributed by atoms with van der Waals surface area (Å²) >= 11 is 0. The van der Waals surface area contributed by atoms with E-state index in [2.05, 4.69) is 15.1 Å². The van der Waals surface area contributed by atoms with Gasteiger partial charge in [0.2, 0.25) is 21.8 Å². The molecule has 0 bridgehead atoms. The van der Waals surface area contributed by atoms with Gasteiger partial charge in [-0.2, -0.15) is 4.31 Å². The highest BCUT2D eigenvalue weighted by molar-refractivity contribution is 7.89. The Hall–Kier alpha value is -1.97. The first-order valence-corrected chi connectivity index (χ1v) is 10.2. The minimum absolute atomic E-state index is 0.302. The van der Waals surface area contributed by atoms with Crippen molar-refractivity contribution in [2.24, 2.45) is 0 Å². The zero-order valence-electron chi connectivity index (χ0n) is 15.1. The fourth-order valence-corrected chi connectivity index (χ4v) is 4.33. The van der Waals surface area contributed by atoms with Crippen LogP contribution in [0.25, 0.3) is 0 Å². The van der Waals surface area contributed by atoms with Gasteiger partial charge in [0, 0.05) is 46.1 Å². The Morgan fingerprint density at radius 2 is 1.81 bits per heavy atom. The zero-order valence-corrected chi connectivity index (χ0v) is 15.9. The largest absolute Gasteiger partial charge is 0.494 e. The van der Waals surface area contributed by atoms with E-state index in [1.807, 2.05) is 6.92 Å². The van der Waals surface area contributed by atoms with Crippen molar-refractivity contribution in [1.82, 2.24) is 19.4 Å². The van der Waals surface area contributed by atoms with Crippen molar-refractivity contribution in [1.29, 1.82) is 0 Å². The highest BCUT2D eigenvalue weighted by Crippen LogP contribution is 2.21. The van der Waals surface area contributed by atoms with Gasteiger partial charge in [-0.15, -0.1) is 10.2 Å². The van der Waals surface area contributed by atoms with Crippen LogP contribution < -0.4 is 4.74 Å². The summed E-state index contributed by atoms with van der Waals surface area (Å²) in [6.45, 7) is 7.30. The number of ether oxygens (including phenoxy) is 1. The summed E-state index contributed by atoms with van der Waals surface area (Å²) in [5, 5.41) is 7.80. The minimum Gasteiger partial charge on any atom is -0.494 e. The third-order valence-corrected chi connectivity index (χ3v) is 6.23. The summed E-state index contributed by atoms with van der Waals surface area (Å²) in [7, 11) is -3.47. The second-order valence-electron chi connectivity index (χ2n) is 6.11. The fourth-order valence-electron chi connectivity index (χ4n) is 2.91. The molecular weight excluding hydrogens is 356 g/mol. The first-order chi connectivity index (χ1) is 12.5. The average Bonchev–Trinajstić information content (AvgIpc) is 3.06. The van der Waals surface area contributed by atoms with E-state index in [0.717, 1.165) is 6.54 Å². The Morgan fingerprint density at radius 1 is 1.12 bits per heavy atom. The van der Waals surface area contributed by atoms with Crippen LogP contribution in [0.2, 0.25) is 0 Å². The summed E-state index contributed by atoms with van der Waals surface area (Å²) in [4.78, 5) is 2.51. The molecule has 0 atom stereocenters. The van der Waals surface area contributed by atoms with Crippen LogP contribution in [0, 0.1) is 6.92 Å². The number of benzene rings is 1. The summed E-state index contributed by atoms with van der Waals surface area (Å²) in [6, 6.07) is 6.59. The maximum absolute atomic E-state index is 12.8. The Morgan fingerprint density at radius 3 is 2.38 bits per heavy atom. The molecule has 1 fully saturated rings. The van der Waals surface area contributed by atoms with Crippen LogP contribution in [0.3, 0.4) is 0 Å². The maximum atomic E-state index is 12.8. The molecule has 0 amide bonds. The maximum Gasteiger partial charge on any atom is 0.243 e. The van der Waals surface area contributed by atoms with Crippen LogP contribution in [0.4, 0.5) is 0 Å². The Bertz CT molecular complexity index is 812. The van der Waals surface area contributed by atoms with Gasteiger partial charge in [0.15, 0.2) is 0 Å². The van der Waals surface area contributed by atoms with Gasteiger partial charge < -0.3 is 14.1 Å². The molecule has 0 N–H and O–H groups in total. The topological polar surface area (TPSA) is 88.8 Å². The lowest BCUT2D eigenvalue weighted by molar-refractivity contribution is 0.186. The Labute approximate surface area is 153 Å². The number of aryl methyl sites for hydroxylation is 1. The number of aromatic nitrogens is 2. The summed E-state index contributed by atoms with van der Waals surface area (Å²) in [5.41, 5.74) is 0. The molecule has 0 aliphatic carbocycles. The van der Waals surface area contributed by atoms with E-state index >= 15 is 0 Å². The van der Waals surface area contributed by atoms with E-state index in [-0.39, 0.29) is 0 Å². The third kappa shape index (κ3) is 4.40. The van der Waals surface area contributed by atoms with E-state index in [1.54, 1.807) is 31.2 Å². The van der Waals surface area contributed by atoms with E-state index in [9.17, 15) is 8.42 Å². The molecule has 1 aliphatic heterocycles. The van der Waals surface area contributed by atoms with Crippen LogP contribution in [0.15, 0.2) is 33.6 Å². The Balaban J connectivity index is 1.54. The molecule has 0 saturated carbocycles. The molecule has 1 aromatic carbocycles. The number of hydrogen-bond donors (Lipinski definition) is 0. The number of hydrogen-bond acceptors (Lipinski definition) is 7. The quantitative estimate of drug-likeness (QED) is 0.716. The van der Waals surface area contributed by atoms with Crippen LogP contribution in [0.5, 0.6) is 5.75 Å². The molecule has 2 aromatic rings. The van der Waals surface area contributed by atoms with E-state index in [4.69, 9.17) is 9.15 Å². The number of nitrogens with zero attached hydrogens (tertiary/aromatic N) is 4. The minimum atomic E-state index is -3.47. The van der Waals surface area contributed by atoms with Crippen LogP contribution >= 0.6 is 0 Å². The first-order valence-electron chi connectivity index (χ1n) is 8.73. The molecule has 142 valence electrons. The highest BCUT2D eigenvalue weighted by Gasteiger charge is 2.28. The van der Waals surface area contributed by atoms with E-state index < -0.39 is 10.0 Å². The first kappa shape index (κ1) is 18.8. The molecule has 1 aromatic heterocycles. The van der Waals surface area contributed by atoms with Crippen molar-refractivity contribution in [3.05, 3.63) is 36.0 Å². The second-order valence-corrected chi connectivity index (χ2v) is 8.05. The van der Waals surface area contributed by atoms with Crippen molar-refractivity contribution in [2.75, 3.05) is 39.3 Å². The highest BCUT2D eigenvalue weighted by atomic mass is 32.2. The van der Waals surface area contributed by atoms with Crippen molar-refractivity contribution in [3.63, 3.8) is 0 Å². The molecule has 1 saturated heterocycles. The predicted octanol–water partition coefficient (Wildman–Crippen LogP) is 1.33. The number of piperazine rings is 1. The second kappa shape index (κ2) is 8.15. The van der Waals surface area contributed by atoms with Gasteiger partial charge in [0.05, 0.1) is 11.5 Å². The van der Waals surface area contributed by atoms with Gasteiger partial charge in [-0.1, -0.05) is 0 Å². The third-order valence-electron chi connectivity index (χ3n) is 4.31. The predicted molar refractivity (Wildman–Crippen MR) is 95.5 cm³/mol. The molecule has 26 heavy (non-hydrogen) atoms. The van der Waals surface area contributed by atoms with Crippen LogP contribution in [0.1, 0.15) is 18.7 Å². The molecule has 0 spiro atoms. The average molecular weight is 380 g/mol. The fraction of sp³-hybridized carbons (Fsp3) is 0.529. The molecule has 8 nitrogen and oxygen atoms in total. The van der Waals surface area contributed by atoms with E-state index in [0.29, 0.717) is 61.6 Å². The molecule has 9 heteroatoms. The molecule has 2 heterocycles. The van der Waals surface area contributed by atoms with Gasteiger partial charge in [0.1, 0.15) is 5.75 Å². The van der Waals surface area contributed by atoms with Crippen molar-refractivity contribution >= 4 is 10.0 Å². The van der Waals surface area contributed by atoms with Gasteiger partial charge in [-0.3, -0.25) is 0 Å². The molecule has 0 unspecified atom stereocenters. The molecular formula is C17H24N4O4S. The van der Waals surface area contributed by atoms with Crippen molar-refractivity contribution in [3.8, 4) is 5.75 Å². The van der Waals surface area contributed by atoms with Gasteiger partial charge >= 0.3 is 0 Å². The summed E-state index contributed by atoms with van der Waals surface area (Å²) in [6.07, 6.45) is 0.673. The lowest BCUT2D eigenvalue weighted by atomic mass is 10.3. The van der Waals surface area contributed by atoms with Crippen LogP contribution in [-0.2, 0) is 16.4 Å². The number of sulfonamides is 1. The SMILES string of the molecule is CCOc1ccc(S(=O)(=O)N2CCN(CCc3nnc(C)o3)CC2)cc1. The monoisotopic (exact) mass is 380 g/mol. The van der Waals surface area contributed by atoms with Crippen LogP contribution in [-0.4, -0.2) is 67.2 Å². The summed E-state index contributed by atoms with van der Waals surface area (Å²) < 4.78 is 37.8. The van der Waals surface area contributed by atoms with E-state index in [1.165, 1.54) is 4.31 Å². The molecule has 1 aliphatic rings. The van der Waals surface area contributed by atoms with Crippen molar-refractivity contribution in [2.45, 2.75) is 25.2 Å². The van der Waals surface area contributed by atoms with Gasteiger partial charge in [-0.05, 0) is 31.2 Å². The Kier molecular flexibility index (Phi) is 5.90. The van der Waals surface area contributed by atoms with Gasteiger partial charge in [-0.25, -0.2) is 8.42 Å². The lowest BCUT2D eigenvalue weighted by Crippen LogP contribution is -2.49. The lowest BCUT2D eigenvalue weighted by Gasteiger charge is -2.33. The summed E-state index contributed by atoms with van der Waals surface area (Å²) in [5.74, 6) is 1.85. The van der Waals surface area contributed by atoms with Gasteiger partial charge in [0.25, 0.3) is 0 Å². The standard InChI is InChI=1S/C17H24N4O4S/c1-3-24-15-4-6-16(7-5-15)26(22,23)21-12-10-20(11-13-21)9-8-17-19-18-14(2)25-17/h4-7H,3,8-13H2,1-2H3. The molecule has 0 radical (unpaired) electrons. The smallest absolute Gasteiger partial charge is 0.243 e. The zero-order chi connectivity index (χ0) is 18.6. The normalized spacial score (nSPS) is 16.7. The number of rotatable bonds is 7.